The summed E-state index contributed by atoms with van der Waals surface area (Å²) in [5.41, 5.74) is 1.54. The summed E-state index contributed by atoms with van der Waals surface area (Å²) in [6.45, 7) is 1.96. The Labute approximate surface area is 148 Å². The molecule has 0 radical (unpaired) electrons. The van der Waals surface area contributed by atoms with Crippen LogP contribution in [-0.4, -0.2) is 24.6 Å². The maximum Gasteiger partial charge on any atom is 0.276 e. The van der Waals surface area contributed by atoms with Crippen molar-refractivity contribution in [2.24, 2.45) is 0 Å². The standard InChI is InChI=1S/C14H11N5O2S3/c1-8-15-9(6-23-8)4-11-17-18-14(21-11)24-7-10-5-12(20)19-2-3-22-13(19)16-10/h2-3,5-6H,4,7H2,1H3. The third kappa shape index (κ3) is 3.25. The van der Waals surface area contributed by atoms with Crippen molar-refractivity contribution in [1.29, 1.82) is 0 Å². The van der Waals surface area contributed by atoms with Crippen molar-refractivity contribution in [3.63, 3.8) is 0 Å². The van der Waals surface area contributed by atoms with E-state index in [9.17, 15) is 4.79 Å². The van der Waals surface area contributed by atoms with Gasteiger partial charge in [-0.3, -0.25) is 9.20 Å². The second-order valence-electron chi connectivity index (χ2n) is 4.93. The number of thioether (sulfide) groups is 1. The average molecular weight is 377 g/mol. The van der Waals surface area contributed by atoms with Crippen LogP contribution >= 0.6 is 34.4 Å². The van der Waals surface area contributed by atoms with Crippen LogP contribution in [-0.2, 0) is 12.2 Å². The molecule has 122 valence electrons. The summed E-state index contributed by atoms with van der Waals surface area (Å²) >= 11 is 4.39. The summed E-state index contributed by atoms with van der Waals surface area (Å²) in [6, 6.07) is 1.53. The van der Waals surface area contributed by atoms with Crippen LogP contribution in [0.2, 0.25) is 0 Å². The van der Waals surface area contributed by atoms with Crippen LogP contribution in [0.1, 0.15) is 22.3 Å². The van der Waals surface area contributed by atoms with Crippen molar-refractivity contribution >= 4 is 39.4 Å². The molecule has 0 atom stereocenters. The summed E-state index contributed by atoms with van der Waals surface area (Å²) in [5, 5.41) is 13.4. The smallest absolute Gasteiger partial charge is 0.276 e. The molecule has 7 nitrogen and oxygen atoms in total. The zero-order valence-corrected chi connectivity index (χ0v) is 15.0. The van der Waals surface area contributed by atoms with Crippen LogP contribution in [0.3, 0.4) is 0 Å². The number of hydrogen-bond acceptors (Lipinski definition) is 9. The number of rotatable bonds is 5. The number of nitrogens with zero attached hydrogens (tertiary/aromatic N) is 5. The minimum atomic E-state index is -0.0815. The number of hydrogen-bond donors (Lipinski definition) is 0. The maximum atomic E-state index is 11.9. The monoisotopic (exact) mass is 377 g/mol. The molecule has 0 amide bonds. The van der Waals surface area contributed by atoms with E-state index in [1.807, 2.05) is 17.7 Å². The van der Waals surface area contributed by atoms with Gasteiger partial charge in [0.05, 0.1) is 22.8 Å². The summed E-state index contributed by atoms with van der Waals surface area (Å²) < 4.78 is 7.15. The first-order chi connectivity index (χ1) is 11.7. The van der Waals surface area contributed by atoms with Gasteiger partial charge in [0.25, 0.3) is 10.8 Å². The zero-order chi connectivity index (χ0) is 16.5. The SMILES string of the molecule is Cc1nc(Cc2nnc(SCc3cc(=O)n4ccsc4n3)o2)cs1. The molecule has 0 unspecified atom stereocenters. The predicted octanol–water partition coefficient (Wildman–Crippen LogP) is 2.79. The molecular formula is C14H11N5O2S3. The van der Waals surface area contributed by atoms with E-state index in [0.29, 0.717) is 33.9 Å². The Hall–Kier alpha value is -2.04. The van der Waals surface area contributed by atoms with Crippen molar-refractivity contribution in [1.82, 2.24) is 24.6 Å². The third-order valence-electron chi connectivity index (χ3n) is 3.15. The molecule has 0 aliphatic rings. The van der Waals surface area contributed by atoms with Gasteiger partial charge in [0.15, 0.2) is 4.96 Å². The highest BCUT2D eigenvalue weighted by molar-refractivity contribution is 7.98. The van der Waals surface area contributed by atoms with Crippen molar-refractivity contribution < 1.29 is 4.42 Å². The molecule has 10 heteroatoms. The maximum absolute atomic E-state index is 11.9. The molecule has 0 N–H and O–H groups in total. The lowest BCUT2D eigenvalue weighted by molar-refractivity contribution is 0.419. The molecule has 0 spiro atoms. The molecule has 4 rings (SSSR count). The molecule has 0 aliphatic heterocycles. The Kier molecular flexibility index (Phi) is 4.17. The van der Waals surface area contributed by atoms with E-state index < -0.39 is 0 Å². The summed E-state index contributed by atoms with van der Waals surface area (Å²) in [5.74, 6) is 1.03. The highest BCUT2D eigenvalue weighted by Crippen LogP contribution is 2.22. The molecule has 24 heavy (non-hydrogen) atoms. The predicted molar refractivity (Wildman–Crippen MR) is 92.9 cm³/mol. The van der Waals surface area contributed by atoms with Crippen molar-refractivity contribution in [2.45, 2.75) is 24.3 Å². The minimum Gasteiger partial charge on any atom is -0.416 e. The fourth-order valence-electron chi connectivity index (χ4n) is 2.11. The summed E-state index contributed by atoms with van der Waals surface area (Å²) in [7, 11) is 0. The topological polar surface area (TPSA) is 86.2 Å². The van der Waals surface area contributed by atoms with Crippen molar-refractivity contribution in [2.75, 3.05) is 0 Å². The first-order valence-corrected chi connectivity index (χ1v) is 9.74. The van der Waals surface area contributed by atoms with Gasteiger partial charge in [-0.2, -0.15) is 0 Å². The molecule has 0 saturated heterocycles. The van der Waals surface area contributed by atoms with Gasteiger partial charge >= 0.3 is 0 Å². The largest absolute Gasteiger partial charge is 0.416 e. The number of aryl methyl sites for hydroxylation is 1. The second kappa shape index (κ2) is 6.46. The van der Waals surface area contributed by atoms with E-state index in [1.165, 1.54) is 33.6 Å². The van der Waals surface area contributed by atoms with Crippen LogP contribution in [0.15, 0.2) is 37.5 Å². The molecule has 0 aliphatic carbocycles. The quantitative estimate of drug-likeness (QED) is 0.494. The lowest BCUT2D eigenvalue weighted by Gasteiger charge is -1.98. The summed E-state index contributed by atoms with van der Waals surface area (Å²) in [6.07, 6.45) is 2.25. The van der Waals surface area contributed by atoms with Gasteiger partial charge in [0, 0.05) is 28.8 Å². The number of fused-ring (bicyclic) bond motifs is 1. The zero-order valence-electron chi connectivity index (χ0n) is 12.5. The lowest BCUT2D eigenvalue weighted by Crippen LogP contribution is -2.12. The normalized spacial score (nSPS) is 11.4. The number of thiazole rings is 2. The van der Waals surface area contributed by atoms with E-state index in [4.69, 9.17) is 4.42 Å². The van der Waals surface area contributed by atoms with Gasteiger partial charge in [0.1, 0.15) is 0 Å². The third-order valence-corrected chi connectivity index (χ3v) is 5.58. The molecular weight excluding hydrogens is 366 g/mol. The van der Waals surface area contributed by atoms with Crippen LogP contribution < -0.4 is 5.56 Å². The highest BCUT2D eigenvalue weighted by atomic mass is 32.2. The van der Waals surface area contributed by atoms with E-state index in [2.05, 4.69) is 20.2 Å². The molecule has 0 saturated carbocycles. The molecule has 0 fully saturated rings. The van der Waals surface area contributed by atoms with Crippen LogP contribution in [0.4, 0.5) is 0 Å². The Morgan fingerprint density at radius 3 is 3.00 bits per heavy atom. The molecule has 0 aromatic carbocycles. The van der Waals surface area contributed by atoms with Crippen LogP contribution in [0.25, 0.3) is 4.96 Å². The van der Waals surface area contributed by atoms with E-state index in [0.717, 1.165) is 10.7 Å². The minimum absolute atomic E-state index is 0.0815. The number of aromatic nitrogens is 5. The Balaban J connectivity index is 1.44. The Morgan fingerprint density at radius 1 is 1.25 bits per heavy atom. The van der Waals surface area contributed by atoms with Crippen LogP contribution in [0, 0.1) is 6.92 Å². The molecule has 4 aromatic heterocycles. The second-order valence-corrected chi connectivity index (χ2v) is 7.79. The first kappa shape index (κ1) is 15.5. The van der Waals surface area contributed by atoms with Gasteiger partial charge < -0.3 is 4.42 Å². The Bertz CT molecular complexity index is 1050. The molecule has 4 aromatic rings. The van der Waals surface area contributed by atoms with E-state index >= 15 is 0 Å². The first-order valence-electron chi connectivity index (χ1n) is 6.99. The molecule has 4 heterocycles. The average Bonchev–Trinajstić information content (AvgIpc) is 3.27. The van der Waals surface area contributed by atoms with Crippen LogP contribution in [0.5, 0.6) is 0 Å². The van der Waals surface area contributed by atoms with Crippen molar-refractivity contribution in [3.8, 4) is 0 Å². The highest BCUT2D eigenvalue weighted by Gasteiger charge is 2.11. The molecule has 0 bridgehead atoms. The fourth-order valence-corrected chi connectivity index (χ4v) is 4.13. The Morgan fingerprint density at radius 2 is 2.17 bits per heavy atom. The van der Waals surface area contributed by atoms with Gasteiger partial charge in [-0.25, -0.2) is 9.97 Å². The fraction of sp³-hybridized carbons (Fsp3) is 0.214. The van der Waals surface area contributed by atoms with Gasteiger partial charge in [-0.15, -0.1) is 32.9 Å². The lowest BCUT2D eigenvalue weighted by atomic mass is 10.3. The van der Waals surface area contributed by atoms with Gasteiger partial charge in [-0.05, 0) is 6.92 Å². The van der Waals surface area contributed by atoms with Gasteiger partial charge in [0.2, 0.25) is 5.89 Å². The van der Waals surface area contributed by atoms with Crippen molar-refractivity contribution in [3.05, 3.63) is 55.7 Å². The summed E-state index contributed by atoms with van der Waals surface area (Å²) in [4.78, 5) is 21.5. The van der Waals surface area contributed by atoms with Gasteiger partial charge in [-0.1, -0.05) is 11.8 Å². The van der Waals surface area contributed by atoms with E-state index in [1.54, 1.807) is 17.5 Å². The van der Waals surface area contributed by atoms with E-state index in [-0.39, 0.29) is 5.56 Å².